The second-order valence-corrected chi connectivity index (χ2v) is 4.68. The van der Waals surface area contributed by atoms with Gasteiger partial charge in [0, 0.05) is 17.8 Å². The molecule has 0 saturated carbocycles. The van der Waals surface area contributed by atoms with Crippen LogP contribution in [0.1, 0.15) is 18.5 Å². The Labute approximate surface area is 107 Å². The molecule has 1 aliphatic heterocycles. The van der Waals surface area contributed by atoms with Crippen molar-refractivity contribution in [1.82, 2.24) is 9.55 Å². The van der Waals surface area contributed by atoms with Gasteiger partial charge in [-0.3, -0.25) is 0 Å². The Bertz CT molecular complexity index is 583. The lowest BCUT2D eigenvalue weighted by Gasteiger charge is -2.15. The molecule has 0 bridgehead atoms. The molecule has 1 aromatic carbocycles. The summed E-state index contributed by atoms with van der Waals surface area (Å²) in [5.74, 6) is 0. The normalized spacial score (nSPS) is 14.9. The molecular formula is C15H17N3. The first kappa shape index (κ1) is 11.1. The van der Waals surface area contributed by atoms with Crippen LogP contribution in [0.2, 0.25) is 0 Å². The highest BCUT2D eigenvalue weighted by molar-refractivity contribution is 5.79. The summed E-state index contributed by atoms with van der Waals surface area (Å²) in [4.78, 5) is 4.28. The number of hydrogen-bond acceptors (Lipinski definition) is 2. The molecule has 1 aromatic heterocycles. The fourth-order valence-electron chi connectivity index (χ4n) is 2.50. The van der Waals surface area contributed by atoms with E-state index in [0.29, 0.717) is 0 Å². The van der Waals surface area contributed by atoms with Crippen LogP contribution in [0.25, 0.3) is 11.3 Å². The number of para-hydroxylation sites is 1. The van der Waals surface area contributed by atoms with Crippen LogP contribution >= 0.6 is 0 Å². The number of imidazole rings is 1. The summed E-state index contributed by atoms with van der Waals surface area (Å²) in [7, 11) is 0. The molecule has 18 heavy (non-hydrogen) atoms. The molecule has 0 aliphatic carbocycles. The van der Waals surface area contributed by atoms with Gasteiger partial charge in [-0.15, -0.1) is 6.58 Å². The van der Waals surface area contributed by atoms with Gasteiger partial charge in [-0.1, -0.05) is 24.3 Å². The third kappa shape index (κ3) is 1.63. The minimum atomic E-state index is 0.250. The summed E-state index contributed by atoms with van der Waals surface area (Å²) in [6.45, 7) is 7.00. The van der Waals surface area contributed by atoms with E-state index in [9.17, 15) is 0 Å². The SMILES string of the molecule is C=CC(C)n1cncc1-c1cccc2c1NCC2. The third-order valence-electron chi connectivity index (χ3n) is 3.57. The smallest absolute Gasteiger partial charge is 0.0956 e. The molecule has 1 atom stereocenters. The fraction of sp³-hybridized carbons (Fsp3) is 0.267. The molecule has 0 saturated heterocycles. The van der Waals surface area contributed by atoms with Crippen LogP contribution in [0.5, 0.6) is 0 Å². The Morgan fingerprint density at radius 2 is 2.39 bits per heavy atom. The predicted molar refractivity (Wildman–Crippen MR) is 74.8 cm³/mol. The molecule has 1 aliphatic rings. The zero-order chi connectivity index (χ0) is 12.5. The van der Waals surface area contributed by atoms with Crippen LogP contribution in [-0.2, 0) is 6.42 Å². The molecule has 3 rings (SSSR count). The van der Waals surface area contributed by atoms with Crippen molar-refractivity contribution in [2.45, 2.75) is 19.4 Å². The molecule has 0 fully saturated rings. The summed E-state index contributed by atoms with van der Waals surface area (Å²) in [6.07, 6.45) is 6.84. The Balaban J connectivity index is 2.14. The maximum Gasteiger partial charge on any atom is 0.0956 e. The molecular weight excluding hydrogens is 222 g/mol. The number of nitrogens with one attached hydrogen (secondary N) is 1. The molecule has 0 radical (unpaired) electrons. The van der Waals surface area contributed by atoms with Crippen molar-refractivity contribution in [1.29, 1.82) is 0 Å². The summed E-state index contributed by atoms with van der Waals surface area (Å²) < 4.78 is 2.16. The fourth-order valence-corrected chi connectivity index (χ4v) is 2.50. The van der Waals surface area contributed by atoms with E-state index >= 15 is 0 Å². The van der Waals surface area contributed by atoms with E-state index in [2.05, 4.69) is 46.6 Å². The standard InChI is InChI=1S/C15H17N3/c1-3-11(2)18-10-16-9-14(18)13-6-4-5-12-7-8-17-15(12)13/h3-6,9-11,17H,1,7-8H2,2H3. The van der Waals surface area contributed by atoms with Crippen LogP contribution in [0.4, 0.5) is 5.69 Å². The van der Waals surface area contributed by atoms with Crippen LogP contribution in [0, 0.1) is 0 Å². The van der Waals surface area contributed by atoms with Crippen molar-refractivity contribution >= 4 is 5.69 Å². The van der Waals surface area contributed by atoms with E-state index in [-0.39, 0.29) is 6.04 Å². The number of allylic oxidation sites excluding steroid dienone is 1. The van der Waals surface area contributed by atoms with Gasteiger partial charge in [0.25, 0.3) is 0 Å². The lowest BCUT2D eigenvalue weighted by molar-refractivity contribution is 0.668. The van der Waals surface area contributed by atoms with Crippen molar-refractivity contribution in [2.75, 3.05) is 11.9 Å². The van der Waals surface area contributed by atoms with Gasteiger partial charge in [-0.05, 0) is 18.9 Å². The molecule has 1 N–H and O–H groups in total. The van der Waals surface area contributed by atoms with Gasteiger partial charge >= 0.3 is 0 Å². The summed E-state index contributed by atoms with van der Waals surface area (Å²) in [5, 5.41) is 3.47. The first-order valence-corrected chi connectivity index (χ1v) is 6.32. The van der Waals surface area contributed by atoms with E-state index < -0.39 is 0 Å². The molecule has 2 heterocycles. The topological polar surface area (TPSA) is 29.9 Å². The maximum atomic E-state index is 4.28. The van der Waals surface area contributed by atoms with E-state index in [4.69, 9.17) is 0 Å². The Hall–Kier alpha value is -2.03. The number of nitrogens with zero attached hydrogens (tertiary/aromatic N) is 2. The van der Waals surface area contributed by atoms with E-state index in [1.54, 1.807) is 0 Å². The van der Waals surface area contributed by atoms with Crippen LogP contribution < -0.4 is 5.32 Å². The van der Waals surface area contributed by atoms with Crippen molar-refractivity contribution in [3.05, 3.63) is 48.9 Å². The first-order valence-electron chi connectivity index (χ1n) is 6.32. The second-order valence-electron chi connectivity index (χ2n) is 4.68. The Kier molecular flexibility index (Phi) is 2.67. The molecule has 1 unspecified atom stereocenters. The number of aromatic nitrogens is 2. The summed E-state index contributed by atoms with van der Waals surface area (Å²) >= 11 is 0. The quantitative estimate of drug-likeness (QED) is 0.833. The molecule has 0 spiro atoms. The predicted octanol–water partition coefficient (Wildman–Crippen LogP) is 3.27. The zero-order valence-corrected chi connectivity index (χ0v) is 10.6. The van der Waals surface area contributed by atoms with E-state index in [1.165, 1.54) is 16.8 Å². The van der Waals surface area contributed by atoms with Crippen molar-refractivity contribution in [3.63, 3.8) is 0 Å². The van der Waals surface area contributed by atoms with Crippen LogP contribution in [0.3, 0.4) is 0 Å². The lowest BCUT2D eigenvalue weighted by Crippen LogP contribution is -2.03. The monoisotopic (exact) mass is 239 g/mol. The van der Waals surface area contributed by atoms with Crippen molar-refractivity contribution in [3.8, 4) is 11.3 Å². The van der Waals surface area contributed by atoms with Gasteiger partial charge < -0.3 is 9.88 Å². The number of fused-ring (bicyclic) bond motifs is 1. The number of rotatable bonds is 3. The third-order valence-corrected chi connectivity index (χ3v) is 3.57. The zero-order valence-electron chi connectivity index (χ0n) is 10.6. The molecule has 92 valence electrons. The van der Waals surface area contributed by atoms with E-state index in [1.807, 2.05) is 18.6 Å². The van der Waals surface area contributed by atoms with Crippen LogP contribution in [0.15, 0.2) is 43.4 Å². The van der Waals surface area contributed by atoms with Gasteiger partial charge in [-0.2, -0.15) is 0 Å². The minimum absolute atomic E-state index is 0.250. The molecule has 3 nitrogen and oxygen atoms in total. The van der Waals surface area contributed by atoms with Gasteiger partial charge in [-0.25, -0.2) is 4.98 Å². The average molecular weight is 239 g/mol. The molecule has 3 heteroatoms. The molecule has 2 aromatic rings. The van der Waals surface area contributed by atoms with Gasteiger partial charge in [0.2, 0.25) is 0 Å². The van der Waals surface area contributed by atoms with Crippen LogP contribution in [-0.4, -0.2) is 16.1 Å². The largest absolute Gasteiger partial charge is 0.384 e. The highest BCUT2D eigenvalue weighted by Gasteiger charge is 2.17. The van der Waals surface area contributed by atoms with Gasteiger partial charge in [0.1, 0.15) is 0 Å². The van der Waals surface area contributed by atoms with Gasteiger partial charge in [0.05, 0.1) is 24.3 Å². The highest BCUT2D eigenvalue weighted by Crippen LogP contribution is 2.35. The van der Waals surface area contributed by atoms with Gasteiger partial charge in [0.15, 0.2) is 0 Å². The van der Waals surface area contributed by atoms with E-state index in [0.717, 1.165) is 18.7 Å². The highest BCUT2D eigenvalue weighted by atomic mass is 15.1. The number of hydrogen-bond donors (Lipinski definition) is 1. The number of anilines is 1. The maximum absolute atomic E-state index is 4.28. The summed E-state index contributed by atoms with van der Waals surface area (Å²) in [5.41, 5.74) is 5.03. The minimum Gasteiger partial charge on any atom is -0.384 e. The average Bonchev–Trinajstić information content (AvgIpc) is 3.05. The summed E-state index contributed by atoms with van der Waals surface area (Å²) in [6, 6.07) is 6.72. The van der Waals surface area contributed by atoms with Crippen molar-refractivity contribution < 1.29 is 0 Å². The Morgan fingerprint density at radius 3 is 3.22 bits per heavy atom. The first-order chi connectivity index (χ1) is 8.81. The lowest BCUT2D eigenvalue weighted by atomic mass is 10.0. The molecule has 0 amide bonds. The second kappa shape index (κ2) is 4.33. The number of benzene rings is 1. The van der Waals surface area contributed by atoms with Crippen molar-refractivity contribution in [2.24, 2.45) is 0 Å². The Morgan fingerprint density at radius 1 is 1.50 bits per heavy atom.